The van der Waals surface area contributed by atoms with Crippen molar-refractivity contribution in [2.75, 3.05) is 0 Å². The minimum atomic E-state index is -1.79. The van der Waals surface area contributed by atoms with Crippen LogP contribution in [0.3, 0.4) is 0 Å². The fourth-order valence-electron chi connectivity index (χ4n) is 0.151. The molecule has 0 rings (SSSR count). The molecule has 0 aliphatic carbocycles. The van der Waals surface area contributed by atoms with Crippen molar-refractivity contribution in [1.82, 2.24) is 0 Å². The van der Waals surface area contributed by atoms with Crippen molar-refractivity contribution in [3.63, 3.8) is 0 Å². The first kappa shape index (κ1) is 4.59. The van der Waals surface area contributed by atoms with Crippen LogP contribution in [0.25, 0.3) is 0 Å². The van der Waals surface area contributed by atoms with Crippen LogP contribution in [0, 0.1) is 0 Å². The van der Waals surface area contributed by atoms with Gasteiger partial charge in [0, 0.05) is 0 Å². The first-order valence-corrected chi connectivity index (χ1v) is 2.03. The summed E-state index contributed by atoms with van der Waals surface area (Å²) >= 11 is 0. The molecule has 7 heavy (non-hydrogen) atoms. The van der Waals surface area contributed by atoms with Gasteiger partial charge in [-0.3, -0.25) is 4.79 Å². The van der Waals surface area contributed by atoms with Crippen LogP contribution >= 0.6 is 0 Å². The predicted octanol–water partition coefficient (Wildman–Crippen LogP) is -0.192. The first-order valence-electron chi connectivity index (χ1n) is 2.53. The Bertz CT molecular complexity index is 102. The van der Waals surface area contributed by atoms with Crippen molar-refractivity contribution in [2.24, 2.45) is 5.73 Å². The third-order valence-electron chi connectivity index (χ3n) is 0.656. The number of carbonyl (C=O) groups is 1. The van der Waals surface area contributed by atoms with Gasteiger partial charge in [0.05, 0.1) is 1.37 Å². The maximum atomic E-state index is 9.94. The Hall–Kier alpha value is -0.570. The Balaban J connectivity index is 3.91. The van der Waals surface area contributed by atoms with Crippen LogP contribution in [-0.4, -0.2) is 17.1 Å². The molecule has 0 radical (unpaired) electrons. The van der Waals surface area contributed by atoms with E-state index >= 15 is 0 Å². The van der Waals surface area contributed by atoms with Gasteiger partial charge in [0.1, 0.15) is 6.02 Å². The lowest BCUT2D eigenvalue weighted by molar-refractivity contribution is -0.138. The first-order chi connectivity index (χ1) is 3.50. The average Bonchev–Trinajstić information content (AvgIpc) is 1.67. The average molecular weight is 104 g/mol. The number of nitrogens with two attached hydrogens (primary N) is 1. The second-order valence-electron chi connectivity index (χ2n) is 1.18. The van der Waals surface area contributed by atoms with Crippen LogP contribution in [0.2, 0.25) is 0 Å². The summed E-state index contributed by atoms with van der Waals surface area (Å²) in [6, 6.07) is -1.79. The molecule has 0 saturated carbocycles. The molecule has 0 spiro atoms. The predicted molar refractivity (Wildman–Crippen MR) is 25.9 cm³/mol. The molecule has 0 bridgehead atoms. The van der Waals surface area contributed by atoms with Gasteiger partial charge in [-0.2, -0.15) is 0 Å². The van der Waals surface area contributed by atoms with E-state index in [4.69, 9.17) is 12.2 Å². The molecule has 42 valence electrons. The summed E-state index contributed by atoms with van der Waals surface area (Å²) in [4.78, 5) is 9.94. The molecular weight excluding hydrogens is 94.0 g/mol. The van der Waals surface area contributed by atoms with Crippen molar-refractivity contribution < 1.29 is 11.3 Å². The van der Waals surface area contributed by atoms with E-state index in [1.807, 2.05) is 0 Å². The molecule has 0 saturated heterocycles. The van der Waals surface area contributed by atoms with Crippen molar-refractivity contribution >= 4 is 5.97 Å². The number of carboxylic acid groups (broad SMARTS) is 1. The van der Waals surface area contributed by atoms with Gasteiger partial charge in [-0.25, -0.2) is 0 Å². The van der Waals surface area contributed by atoms with E-state index in [1.54, 1.807) is 6.92 Å². The summed E-state index contributed by atoms with van der Waals surface area (Å²) in [6.45, 7) is 1.56. The van der Waals surface area contributed by atoms with Gasteiger partial charge in [0.25, 0.3) is 0 Å². The molecule has 0 aromatic heterocycles. The van der Waals surface area contributed by atoms with E-state index in [1.165, 1.54) is 0 Å². The SMILES string of the molecule is [2H]C(N)(CC)C(=O)O. The fourth-order valence-corrected chi connectivity index (χ4v) is 0.151. The fraction of sp³-hybridized carbons (Fsp3) is 0.750. The third kappa shape index (κ3) is 2.17. The summed E-state index contributed by atoms with van der Waals surface area (Å²) in [6.07, 6.45) is 0.127. The molecule has 0 amide bonds. The molecule has 0 aliphatic rings. The zero-order valence-corrected chi connectivity index (χ0v) is 4.14. The summed E-state index contributed by atoms with van der Waals surface area (Å²) in [7, 11) is 0. The van der Waals surface area contributed by atoms with Crippen molar-refractivity contribution in [2.45, 2.75) is 19.4 Å². The minimum absolute atomic E-state index is 0.127. The molecule has 0 heterocycles. The molecule has 0 aromatic carbocycles. The Morgan fingerprint density at radius 1 is 2.29 bits per heavy atom. The van der Waals surface area contributed by atoms with Gasteiger partial charge in [0.2, 0.25) is 0 Å². The second-order valence-corrected chi connectivity index (χ2v) is 1.18. The molecule has 0 fully saturated rings. The van der Waals surface area contributed by atoms with Gasteiger partial charge in [-0.05, 0) is 6.42 Å². The maximum Gasteiger partial charge on any atom is 0.320 e. The minimum Gasteiger partial charge on any atom is -0.480 e. The number of hydrogen-bond donors (Lipinski definition) is 2. The number of rotatable bonds is 2. The molecule has 3 N–H and O–H groups in total. The van der Waals surface area contributed by atoms with Crippen molar-refractivity contribution in [3.05, 3.63) is 0 Å². The topological polar surface area (TPSA) is 63.3 Å². The second kappa shape index (κ2) is 2.58. The number of carboxylic acids is 1. The molecule has 1 atom stereocenters. The highest BCUT2D eigenvalue weighted by Gasteiger charge is 2.05. The molecule has 3 heteroatoms. The highest BCUT2D eigenvalue weighted by atomic mass is 16.4. The molecular formula is C4H9NO2. The van der Waals surface area contributed by atoms with E-state index in [-0.39, 0.29) is 6.42 Å². The van der Waals surface area contributed by atoms with Gasteiger partial charge in [-0.1, -0.05) is 6.92 Å². The lowest BCUT2D eigenvalue weighted by Gasteiger charge is -1.97. The number of hydrogen-bond acceptors (Lipinski definition) is 2. The largest absolute Gasteiger partial charge is 0.480 e. The van der Waals surface area contributed by atoms with E-state index in [0.29, 0.717) is 0 Å². The van der Waals surface area contributed by atoms with Gasteiger partial charge >= 0.3 is 5.97 Å². The third-order valence-corrected chi connectivity index (χ3v) is 0.656. The van der Waals surface area contributed by atoms with Crippen LogP contribution in [0.4, 0.5) is 0 Å². The monoisotopic (exact) mass is 104 g/mol. The lowest BCUT2D eigenvalue weighted by Crippen LogP contribution is -2.28. The standard InChI is InChI=1S/C4H9NO2/c1-2-3(5)4(6)7/h3H,2,5H2,1H3,(H,6,7)/i3D. The van der Waals surface area contributed by atoms with E-state index in [0.717, 1.165) is 0 Å². The quantitative estimate of drug-likeness (QED) is 0.510. The van der Waals surface area contributed by atoms with Crippen LogP contribution in [0.1, 0.15) is 14.7 Å². The smallest absolute Gasteiger partial charge is 0.320 e. The molecule has 3 nitrogen and oxygen atoms in total. The van der Waals surface area contributed by atoms with Crippen molar-refractivity contribution in [3.8, 4) is 0 Å². The van der Waals surface area contributed by atoms with Crippen LogP contribution in [-0.2, 0) is 4.79 Å². The van der Waals surface area contributed by atoms with Crippen LogP contribution in [0.15, 0.2) is 0 Å². The Morgan fingerprint density at radius 2 is 2.71 bits per heavy atom. The molecule has 0 aromatic rings. The van der Waals surface area contributed by atoms with E-state index < -0.39 is 12.0 Å². The number of aliphatic carboxylic acids is 1. The Kier molecular flexibility index (Phi) is 1.69. The summed E-state index contributed by atoms with van der Waals surface area (Å²) in [5.74, 6) is -1.28. The molecule has 1 unspecified atom stereocenters. The highest BCUT2D eigenvalue weighted by molar-refractivity contribution is 5.72. The van der Waals surface area contributed by atoms with Gasteiger partial charge in [-0.15, -0.1) is 0 Å². The molecule has 0 aliphatic heterocycles. The van der Waals surface area contributed by atoms with Crippen LogP contribution in [0.5, 0.6) is 0 Å². The normalized spacial score (nSPS) is 20.0. The summed E-state index contributed by atoms with van der Waals surface area (Å²) in [5.41, 5.74) is 4.93. The summed E-state index contributed by atoms with van der Waals surface area (Å²) < 4.78 is 6.81. The van der Waals surface area contributed by atoms with Gasteiger partial charge in [0.15, 0.2) is 0 Å². The zero-order valence-electron chi connectivity index (χ0n) is 5.14. The zero-order chi connectivity index (χ0) is 6.78. The van der Waals surface area contributed by atoms with Crippen molar-refractivity contribution in [1.29, 1.82) is 0 Å². The maximum absolute atomic E-state index is 9.94. The van der Waals surface area contributed by atoms with Gasteiger partial charge < -0.3 is 10.8 Å². The van der Waals surface area contributed by atoms with E-state index in [9.17, 15) is 4.79 Å². The Labute approximate surface area is 43.5 Å². The highest BCUT2D eigenvalue weighted by Crippen LogP contribution is 1.82. The lowest BCUT2D eigenvalue weighted by atomic mass is 10.2. The van der Waals surface area contributed by atoms with Crippen LogP contribution < -0.4 is 5.73 Å². The summed E-state index contributed by atoms with van der Waals surface area (Å²) in [5, 5.41) is 8.13. The van der Waals surface area contributed by atoms with E-state index in [2.05, 4.69) is 0 Å². The Morgan fingerprint density at radius 3 is 2.71 bits per heavy atom.